The molecular weight excluding hydrogens is 246 g/mol. The standard InChI is InChI=1S/C14H19NO4/c1-14(2,11-6-4-3-5-7-11)10-15-12(16)8-19-9-13(17)18/h3-7H,8-10H2,1-2H3,(H,15,16)(H,17,18). The Hall–Kier alpha value is -1.88. The van der Waals surface area contributed by atoms with Gasteiger partial charge in [-0.1, -0.05) is 44.2 Å². The van der Waals surface area contributed by atoms with Crippen molar-refractivity contribution < 1.29 is 19.4 Å². The molecule has 0 aromatic heterocycles. The summed E-state index contributed by atoms with van der Waals surface area (Å²) >= 11 is 0. The molecule has 19 heavy (non-hydrogen) atoms. The first-order valence-corrected chi connectivity index (χ1v) is 6.03. The van der Waals surface area contributed by atoms with E-state index in [4.69, 9.17) is 9.84 Å². The number of hydrogen-bond donors (Lipinski definition) is 2. The van der Waals surface area contributed by atoms with Crippen molar-refractivity contribution in [1.82, 2.24) is 5.32 Å². The van der Waals surface area contributed by atoms with Crippen LogP contribution in [0, 0.1) is 0 Å². The molecule has 5 nitrogen and oxygen atoms in total. The molecule has 2 N–H and O–H groups in total. The van der Waals surface area contributed by atoms with Crippen LogP contribution in [0.25, 0.3) is 0 Å². The zero-order valence-corrected chi connectivity index (χ0v) is 11.2. The summed E-state index contributed by atoms with van der Waals surface area (Å²) in [4.78, 5) is 21.7. The fraction of sp³-hybridized carbons (Fsp3) is 0.429. The molecule has 1 aromatic carbocycles. The monoisotopic (exact) mass is 265 g/mol. The smallest absolute Gasteiger partial charge is 0.329 e. The van der Waals surface area contributed by atoms with Crippen LogP contribution < -0.4 is 5.32 Å². The zero-order valence-electron chi connectivity index (χ0n) is 11.2. The van der Waals surface area contributed by atoms with E-state index in [-0.39, 0.29) is 17.9 Å². The van der Waals surface area contributed by atoms with E-state index in [1.54, 1.807) is 0 Å². The Kier molecular flexibility index (Phi) is 5.51. The zero-order chi connectivity index (χ0) is 14.3. The number of benzene rings is 1. The number of rotatable bonds is 7. The molecule has 0 spiro atoms. The number of carboxylic acid groups (broad SMARTS) is 1. The van der Waals surface area contributed by atoms with Crippen LogP contribution in [0.2, 0.25) is 0 Å². The number of nitrogens with one attached hydrogen (secondary N) is 1. The summed E-state index contributed by atoms with van der Waals surface area (Å²) in [6, 6.07) is 9.86. The predicted octanol–water partition coefficient (Wildman–Crippen LogP) is 1.18. The van der Waals surface area contributed by atoms with Gasteiger partial charge in [0.1, 0.15) is 13.2 Å². The van der Waals surface area contributed by atoms with E-state index < -0.39 is 12.6 Å². The lowest BCUT2D eigenvalue weighted by Crippen LogP contribution is -2.38. The highest BCUT2D eigenvalue weighted by Gasteiger charge is 2.20. The molecule has 1 amide bonds. The topological polar surface area (TPSA) is 75.6 Å². The van der Waals surface area contributed by atoms with E-state index in [2.05, 4.69) is 5.32 Å². The Labute approximate surface area is 112 Å². The largest absolute Gasteiger partial charge is 0.480 e. The molecule has 0 fully saturated rings. The summed E-state index contributed by atoms with van der Waals surface area (Å²) in [7, 11) is 0. The van der Waals surface area contributed by atoms with Crippen LogP contribution in [0.5, 0.6) is 0 Å². The van der Waals surface area contributed by atoms with E-state index >= 15 is 0 Å². The number of carbonyl (C=O) groups excluding carboxylic acids is 1. The molecule has 0 aliphatic heterocycles. The van der Waals surface area contributed by atoms with E-state index in [1.807, 2.05) is 44.2 Å². The first kappa shape index (κ1) is 15.2. The number of amides is 1. The van der Waals surface area contributed by atoms with Gasteiger partial charge < -0.3 is 15.2 Å². The van der Waals surface area contributed by atoms with Crippen molar-refractivity contribution in [2.75, 3.05) is 19.8 Å². The van der Waals surface area contributed by atoms with Crippen molar-refractivity contribution >= 4 is 11.9 Å². The summed E-state index contributed by atoms with van der Waals surface area (Å²) in [6.07, 6.45) is 0. The molecule has 0 atom stereocenters. The van der Waals surface area contributed by atoms with Crippen molar-refractivity contribution in [3.8, 4) is 0 Å². The van der Waals surface area contributed by atoms with Crippen LogP contribution in [0.1, 0.15) is 19.4 Å². The average molecular weight is 265 g/mol. The van der Waals surface area contributed by atoms with Gasteiger partial charge in [-0.3, -0.25) is 4.79 Å². The molecule has 0 unspecified atom stereocenters. The number of hydrogen-bond acceptors (Lipinski definition) is 3. The molecule has 104 valence electrons. The van der Waals surface area contributed by atoms with Gasteiger partial charge in [-0.2, -0.15) is 0 Å². The second-order valence-electron chi connectivity index (χ2n) is 4.91. The summed E-state index contributed by atoms with van der Waals surface area (Å²) in [6.45, 7) is 3.82. The molecule has 0 heterocycles. The fourth-order valence-electron chi connectivity index (χ4n) is 1.59. The summed E-state index contributed by atoms with van der Waals surface area (Å²) in [5, 5.41) is 11.1. The van der Waals surface area contributed by atoms with Crippen LogP contribution >= 0.6 is 0 Å². The SMILES string of the molecule is CC(C)(CNC(=O)COCC(=O)O)c1ccccc1. The fourth-order valence-corrected chi connectivity index (χ4v) is 1.59. The second-order valence-corrected chi connectivity index (χ2v) is 4.91. The van der Waals surface area contributed by atoms with Gasteiger partial charge in [-0.15, -0.1) is 0 Å². The van der Waals surface area contributed by atoms with Gasteiger partial charge in [-0.25, -0.2) is 4.79 Å². The van der Waals surface area contributed by atoms with Crippen molar-refractivity contribution in [2.24, 2.45) is 0 Å². The van der Waals surface area contributed by atoms with Crippen LogP contribution in [-0.2, 0) is 19.7 Å². The van der Waals surface area contributed by atoms with Crippen LogP contribution in [0.3, 0.4) is 0 Å². The molecule has 0 saturated carbocycles. The summed E-state index contributed by atoms with van der Waals surface area (Å²) in [5.74, 6) is -1.40. The minimum absolute atomic E-state index is 0.191. The highest BCUT2D eigenvalue weighted by Crippen LogP contribution is 2.21. The van der Waals surface area contributed by atoms with Gasteiger partial charge in [0, 0.05) is 12.0 Å². The normalized spacial score (nSPS) is 11.1. The third-order valence-corrected chi connectivity index (χ3v) is 2.74. The lowest BCUT2D eigenvalue weighted by atomic mass is 9.84. The number of ether oxygens (including phenoxy) is 1. The van der Waals surface area contributed by atoms with Crippen LogP contribution in [0.15, 0.2) is 30.3 Å². The maximum absolute atomic E-state index is 11.5. The van der Waals surface area contributed by atoms with Crippen LogP contribution in [0.4, 0.5) is 0 Å². The van der Waals surface area contributed by atoms with Gasteiger partial charge in [0.05, 0.1) is 0 Å². The Balaban J connectivity index is 2.39. The van der Waals surface area contributed by atoms with E-state index in [0.29, 0.717) is 6.54 Å². The van der Waals surface area contributed by atoms with Gasteiger partial charge in [0.2, 0.25) is 5.91 Å². The van der Waals surface area contributed by atoms with Gasteiger partial charge in [0.15, 0.2) is 0 Å². The minimum Gasteiger partial charge on any atom is -0.480 e. The molecule has 0 bridgehead atoms. The van der Waals surface area contributed by atoms with Crippen molar-refractivity contribution in [3.63, 3.8) is 0 Å². The highest BCUT2D eigenvalue weighted by atomic mass is 16.5. The Bertz CT molecular complexity index is 428. The number of carbonyl (C=O) groups is 2. The summed E-state index contributed by atoms with van der Waals surface area (Å²) in [5.41, 5.74) is 0.936. The van der Waals surface area contributed by atoms with E-state index in [1.165, 1.54) is 0 Å². The third-order valence-electron chi connectivity index (χ3n) is 2.74. The second kappa shape index (κ2) is 6.89. The third kappa shape index (κ3) is 5.52. The van der Waals surface area contributed by atoms with Crippen molar-refractivity contribution in [3.05, 3.63) is 35.9 Å². The van der Waals surface area contributed by atoms with E-state index in [9.17, 15) is 9.59 Å². The van der Waals surface area contributed by atoms with Gasteiger partial charge in [-0.05, 0) is 5.56 Å². The Morgan fingerprint density at radius 1 is 1.21 bits per heavy atom. The minimum atomic E-state index is -1.09. The van der Waals surface area contributed by atoms with E-state index in [0.717, 1.165) is 5.56 Å². The molecule has 5 heteroatoms. The maximum atomic E-state index is 11.5. The lowest BCUT2D eigenvalue weighted by molar-refractivity contribution is -0.143. The van der Waals surface area contributed by atoms with Crippen molar-refractivity contribution in [2.45, 2.75) is 19.3 Å². The number of aliphatic carboxylic acids is 1. The predicted molar refractivity (Wildman–Crippen MR) is 70.9 cm³/mol. The van der Waals surface area contributed by atoms with Crippen LogP contribution in [-0.4, -0.2) is 36.7 Å². The molecular formula is C14H19NO4. The molecule has 1 aromatic rings. The number of carboxylic acids is 1. The molecule has 0 aliphatic rings. The first-order valence-electron chi connectivity index (χ1n) is 6.03. The lowest BCUT2D eigenvalue weighted by Gasteiger charge is -2.25. The van der Waals surface area contributed by atoms with Crippen molar-refractivity contribution in [1.29, 1.82) is 0 Å². The molecule has 0 aliphatic carbocycles. The maximum Gasteiger partial charge on any atom is 0.329 e. The van der Waals surface area contributed by atoms with Gasteiger partial charge in [0.25, 0.3) is 0 Å². The quantitative estimate of drug-likeness (QED) is 0.776. The molecule has 1 rings (SSSR count). The Morgan fingerprint density at radius 3 is 2.42 bits per heavy atom. The first-order chi connectivity index (χ1) is 8.92. The highest BCUT2D eigenvalue weighted by molar-refractivity contribution is 5.77. The summed E-state index contributed by atoms with van der Waals surface area (Å²) < 4.78 is 4.72. The van der Waals surface area contributed by atoms with Gasteiger partial charge >= 0.3 is 5.97 Å². The molecule has 0 radical (unpaired) electrons. The average Bonchev–Trinajstić information content (AvgIpc) is 2.37. The Morgan fingerprint density at radius 2 is 1.84 bits per heavy atom. The molecule has 0 saturated heterocycles.